The van der Waals surface area contributed by atoms with Crippen molar-refractivity contribution in [2.45, 2.75) is 6.92 Å². The molecule has 0 aliphatic carbocycles. The van der Waals surface area contributed by atoms with E-state index in [2.05, 4.69) is 10.3 Å². The number of nitrogen functional groups attached to an aromatic ring is 1. The summed E-state index contributed by atoms with van der Waals surface area (Å²) >= 11 is 0. The number of hydrogen-bond donors (Lipinski definition) is 2. The summed E-state index contributed by atoms with van der Waals surface area (Å²) in [7, 11) is 0. The Labute approximate surface area is 112 Å². The molecule has 2 rings (SSSR count). The van der Waals surface area contributed by atoms with Gasteiger partial charge in [-0.3, -0.25) is 9.78 Å². The number of pyridine rings is 1. The molecule has 0 unspecified atom stereocenters. The van der Waals surface area contributed by atoms with Crippen LogP contribution in [0.4, 0.5) is 11.4 Å². The van der Waals surface area contributed by atoms with Gasteiger partial charge in [0.15, 0.2) is 0 Å². The van der Waals surface area contributed by atoms with E-state index in [1.165, 1.54) is 6.08 Å². The molecule has 1 amide bonds. The number of benzene rings is 1. The summed E-state index contributed by atoms with van der Waals surface area (Å²) in [5.74, 6) is -0.184. The SMILES string of the molecule is Cc1cnccc1NC(=O)/C=C/c1cccc(N)c1. The van der Waals surface area contributed by atoms with Crippen molar-refractivity contribution in [3.05, 3.63) is 59.9 Å². The summed E-state index contributed by atoms with van der Waals surface area (Å²) in [6.45, 7) is 1.89. The van der Waals surface area contributed by atoms with Gasteiger partial charge in [-0.1, -0.05) is 12.1 Å². The van der Waals surface area contributed by atoms with E-state index in [1.54, 1.807) is 30.6 Å². The van der Waals surface area contributed by atoms with Gasteiger partial charge in [0.1, 0.15) is 0 Å². The second kappa shape index (κ2) is 5.82. The molecule has 96 valence electrons. The topological polar surface area (TPSA) is 68.0 Å². The van der Waals surface area contributed by atoms with Gasteiger partial charge in [0.25, 0.3) is 0 Å². The van der Waals surface area contributed by atoms with Crippen LogP contribution in [0.5, 0.6) is 0 Å². The Morgan fingerprint density at radius 2 is 2.21 bits per heavy atom. The number of aromatic nitrogens is 1. The quantitative estimate of drug-likeness (QED) is 0.652. The number of anilines is 2. The molecule has 3 N–H and O–H groups in total. The van der Waals surface area contributed by atoms with Gasteiger partial charge in [-0.2, -0.15) is 0 Å². The Morgan fingerprint density at radius 1 is 1.37 bits per heavy atom. The molecule has 0 aliphatic heterocycles. The maximum atomic E-state index is 11.8. The van der Waals surface area contributed by atoms with Gasteiger partial charge in [-0.25, -0.2) is 0 Å². The Morgan fingerprint density at radius 3 is 2.95 bits per heavy atom. The van der Waals surface area contributed by atoms with Gasteiger partial charge in [0.05, 0.1) is 0 Å². The van der Waals surface area contributed by atoms with E-state index >= 15 is 0 Å². The molecule has 2 aromatic rings. The van der Waals surface area contributed by atoms with Crippen molar-refractivity contribution in [3.8, 4) is 0 Å². The first-order valence-electron chi connectivity index (χ1n) is 5.90. The summed E-state index contributed by atoms with van der Waals surface area (Å²) in [6, 6.07) is 9.11. The van der Waals surface area contributed by atoms with Gasteiger partial charge in [0, 0.05) is 29.8 Å². The third kappa shape index (κ3) is 3.67. The van der Waals surface area contributed by atoms with E-state index in [1.807, 2.05) is 25.1 Å². The molecule has 19 heavy (non-hydrogen) atoms. The fourth-order valence-corrected chi connectivity index (χ4v) is 1.62. The number of nitrogens with two attached hydrogens (primary N) is 1. The molecule has 4 heteroatoms. The summed E-state index contributed by atoms with van der Waals surface area (Å²) in [5.41, 5.74) is 8.92. The van der Waals surface area contributed by atoms with E-state index in [4.69, 9.17) is 5.73 Å². The average Bonchev–Trinajstić information content (AvgIpc) is 2.39. The number of nitrogens with zero attached hydrogens (tertiary/aromatic N) is 1. The lowest BCUT2D eigenvalue weighted by atomic mass is 10.2. The van der Waals surface area contributed by atoms with Gasteiger partial charge in [-0.15, -0.1) is 0 Å². The van der Waals surface area contributed by atoms with E-state index in [9.17, 15) is 4.79 Å². The molecule has 0 aliphatic rings. The van der Waals surface area contributed by atoms with Gasteiger partial charge in [-0.05, 0) is 42.3 Å². The lowest BCUT2D eigenvalue weighted by molar-refractivity contribution is -0.111. The molecule has 1 aromatic carbocycles. The second-order valence-electron chi connectivity index (χ2n) is 4.18. The third-order valence-corrected chi connectivity index (χ3v) is 2.62. The van der Waals surface area contributed by atoms with Crippen molar-refractivity contribution in [2.24, 2.45) is 0 Å². The maximum absolute atomic E-state index is 11.8. The first-order chi connectivity index (χ1) is 9.15. The Hall–Kier alpha value is -2.62. The molecule has 0 radical (unpaired) electrons. The molecule has 0 saturated heterocycles. The molecular formula is C15H15N3O. The van der Waals surface area contributed by atoms with E-state index in [-0.39, 0.29) is 5.91 Å². The van der Waals surface area contributed by atoms with E-state index in [0.29, 0.717) is 5.69 Å². The van der Waals surface area contributed by atoms with Gasteiger partial charge < -0.3 is 11.1 Å². The minimum Gasteiger partial charge on any atom is -0.399 e. The van der Waals surface area contributed by atoms with Crippen molar-refractivity contribution >= 4 is 23.4 Å². The fraction of sp³-hybridized carbons (Fsp3) is 0.0667. The van der Waals surface area contributed by atoms with E-state index in [0.717, 1.165) is 16.8 Å². The third-order valence-electron chi connectivity index (χ3n) is 2.62. The van der Waals surface area contributed by atoms with Crippen molar-refractivity contribution in [1.29, 1.82) is 0 Å². The molecule has 4 nitrogen and oxygen atoms in total. The first kappa shape index (κ1) is 12.8. The second-order valence-corrected chi connectivity index (χ2v) is 4.18. The highest BCUT2D eigenvalue weighted by atomic mass is 16.1. The zero-order valence-corrected chi connectivity index (χ0v) is 10.6. The Bertz CT molecular complexity index is 620. The van der Waals surface area contributed by atoms with Gasteiger partial charge in [0.2, 0.25) is 5.91 Å². The first-order valence-corrected chi connectivity index (χ1v) is 5.90. The summed E-state index contributed by atoms with van der Waals surface area (Å²) in [5, 5.41) is 2.80. The number of aryl methyl sites for hydroxylation is 1. The number of nitrogens with one attached hydrogen (secondary N) is 1. The van der Waals surface area contributed by atoms with Crippen LogP contribution in [0.2, 0.25) is 0 Å². The minimum absolute atomic E-state index is 0.184. The lowest BCUT2D eigenvalue weighted by Gasteiger charge is -2.04. The summed E-state index contributed by atoms with van der Waals surface area (Å²) in [4.78, 5) is 15.7. The number of rotatable bonds is 3. The highest BCUT2D eigenvalue weighted by molar-refractivity contribution is 6.02. The predicted octanol–water partition coefficient (Wildman–Crippen LogP) is 2.62. The van der Waals surface area contributed by atoms with Crippen molar-refractivity contribution in [2.75, 3.05) is 11.1 Å². The molecule has 0 spiro atoms. The Balaban J connectivity index is 2.04. The van der Waals surface area contributed by atoms with Crippen LogP contribution in [0.3, 0.4) is 0 Å². The molecule has 0 saturated carbocycles. The van der Waals surface area contributed by atoms with Crippen LogP contribution in [0.1, 0.15) is 11.1 Å². The predicted molar refractivity (Wildman–Crippen MR) is 77.5 cm³/mol. The van der Waals surface area contributed by atoms with Crippen LogP contribution in [0, 0.1) is 6.92 Å². The van der Waals surface area contributed by atoms with Crippen molar-refractivity contribution in [3.63, 3.8) is 0 Å². The summed E-state index contributed by atoms with van der Waals surface area (Å²) < 4.78 is 0. The van der Waals surface area contributed by atoms with Crippen molar-refractivity contribution in [1.82, 2.24) is 4.98 Å². The van der Waals surface area contributed by atoms with Crippen LogP contribution in [0.15, 0.2) is 48.8 Å². The molecule has 0 bridgehead atoms. The lowest BCUT2D eigenvalue weighted by Crippen LogP contribution is -2.08. The number of carbonyl (C=O) groups is 1. The molecule has 0 fully saturated rings. The van der Waals surface area contributed by atoms with Gasteiger partial charge >= 0.3 is 0 Å². The normalized spacial score (nSPS) is 10.6. The number of amides is 1. The monoisotopic (exact) mass is 253 g/mol. The molecule has 1 aromatic heterocycles. The molecule has 1 heterocycles. The number of hydrogen-bond acceptors (Lipinski definition) is 3. The minimum atomic E-state index is -0.184. The van der Waals surface area contributed by atoms with Crippen LogP contribution in [-0.4, -0.2) is 10.9 Å². The maximum Gasteiger partial charge on any atom is 0.248 e. The number of carbonyl (C=O) groups excluding carboxylic acids is 1. The molecular weight excluding hydrogens is 238 g/mol. The fourth-order valence-electron chi connectivity index (χ4n) is 1.62. The van der Waals surface area contributed by atoms with Crippen LogP contribution >= 0.6 is 0 Å². The zero-order valence-electron chi connectivity index (χ0n) is 10.6. The highest BCUT2D eigenvalue weighted by Crippen LogP contribution is 2.12. The molecule has 0 atom stereocenters. The average molecular weight is 253 g/mol. The standard InChI is InChI=1S/C15H15N3O/c1-11-10-17-8-7-14(11)18-15(19)6-5-12-3-2-4-13(16)9-12/h2-10H,16H2,1H3,(H,17,18,19)/b6-5+. The van der Waals surface area contributed by atoms with Crippen LogP contribution in [-0.2, 0) is 4.79 Å². The summed E-state index contributed by atoms with van der Waals surface area (Å²) in [6.07, 6.45) is 6.55. The smallest absolute Gasteiger partial charge is 0.248 e. The highest BCUT2D eigenvalue weighted by Gasteiger charge is 2.00. The largest absolute Gasteiger partial charge is 0.399 e. The Kier molecular flexibility index (Phi) is 3.93. The van der Waals surface area contributed by atoms with Crippen LogP contribution < -0.4 is 11.1 Å². The van der Waals surface area contributed by atoms with E-state index < -0.39 is 0 Å². The zero-order chi connectivity index (χ0) is 13.7. The van der Waals surface area contributed by atoms with Crippen molar-refractivity contribution < 1.29 is 4.79 Å². The van der Waals surface area contributed by atoms with Crippen LogP contribution in [0.25, 0.3) is 6.08 Å².